The summed E-state index contributed by atoms with van der Waals surface area (Å²) >= 11 is 0. The molecule has 4 heteroatoms. The van der Waals surface area contributed by atoms with E-state index in [-0.39, 0.29) is 12.5 Å². The van der Waals surface area contributed by atoms with Crippen LogP contribution in [0.1, 0.15) is 26.2 Å². The van der Waals surface area contributed by atoms with Crippen LogP contribution in [0, 0.1) is 0 Å². The fourth-order valence-electron chi connectivity index (χ4n) is 1.58. The molecule has 13 heavy (non-hydrogen) atoms. The van der Waals surface area contributed by atoms with Crippen molar-refractivity contribution >= 4 is 5.91 Å². The molecule has 2 atom stereocenters. The first kappa shape index (κ1) is 10.4. The van der Waals surface area contributed by atoms with Crippen molar-refractivity contribution in [3.8, 4) is 0 Å². The number of halogens is 1. The summed E-state index contributed by atoms with van der Waals surface area (Å²) in [6.45, 7) is 2.52. The number of likely N-dealkylation sites (tertiary alicyclic amines) is 1. The van der Waals surface area contributed by atoms with E-state index in [0.717, 1.165) is 12.8 Å². The van der Waals surface area contributed by atoms with Gasteiger partial charge in [0.15, 0.2) is 0 Å². The van der Waals surface area contributed by atoms with E-state index in [4.69, 9.17) is 5.73 Å². The lowest BCUT2D eigenvalue weighted by molar-refractivity contribution is -0.132. The first-order valence-electron chi connectivity index (χ1n) is 4.79. The third-order valence-electron chi connectivity index (χ3n) is 2.32. The number of carbonyl (C=O) groups is 1. The molecular weight excluding hydrogens is 171 g/mol. The number of hydrogen-bond donors (Lipinski definition) is 1. The highest BCUT2D eigenvalue weighted by molar-refractivity contribution is 5.81. The van der Waals surface area contributed by atoms with Crippen molar-refractivity contribution in [3.05, 3.63) is 0 Å². The molecule has 0 radical (unpaired) electrons. The smallest absolute Gasteiger partial charge is 0.239 e. The lowest BCUT2D eigenvalue weighted by Crippen LogP contribution is -2.44. The molecule has 0 aromatic heterocycles. The van der Waals surface area contributed by atoms with Crippen molar-refractivity contribution in [1.82, 2.24) is 4.90 Å². The molecule has 1 fully saturated rings. The van der Waals surface area contributed by atoms with Gasteiger partial charge < -0.3 is 10.6 Å². The molecule has 1 aliphatic heterocycles. The van der Waals surface area contributed by atoms with Crippen LogP contribution >= 0.6 is 0 Å². The fourth-order valence-corrected chi connectivity index (χ4v) is 1.58. The van der Waals surface area contributed by atoms with Gasteiger partial charge in [0.25, 0.3) is 0 Å². The molecule has 3 nitrogen and oxygen atoms in total. The highest BCUT2D eigenvalue weighted by atomic mass is 19.1. The second-order valence-electron chi connectivity index (χ2n) is 3.67. The summed E-state index contributed by atoms with van der Waals surface area (Å²) in [5, 5.41) is 0. The minimum Gasteiger partial charge on any atom is -0.338 e. The van der Waals surface area contributed by atoms with E-state index in [9.17, 15) is 9.18 Å². The van der Waals surface area contributed by atoms with Crippen LogP contribution < -0.4 is 5.73 Å². The van der Waals surface area contributed by atoms with Gasteiger partial charge in [0.1, 0.15) is 6.17 Å². The van der Waals surface area contributed by atoms with Gasteiger partial charge in [0, 0.05) is 6.54 Å². The largest absolute Gasteiger partial charge is 0.338 e. The first-order valence-corrected chi connectivity index (χ1v) is 4.79. The van der Waals surface area contributed by atoms with Gasteiger partial charge in [0.05, 0.1) is 12.6 Å². The Morgan fingerprint density at radius 3 is 2.92 bits per heavy atom. The second kappa shape index (κ2) is 4.56. The van der Waals surface area contributed by atoms with Crippen LogP contribution in [-0.4, -0.2) is 36.1 Å². The molecule has 1 amide bonds. The van der Waals surface area contributed by atoms with Crippen LogP contribution in [0.3, 0.4) is 0 Å². The van der Waals surface area contributed by atoms with Crippen LogP contribution in [-0.2, 0) is 4.79 Å². The highest BCUT2D eigenvalue weighted by Crippen LogP contribution is 2.13. The number of hydrogen-bond acceptors (Lipinski definition) is 2. The third kappa shape index (κ3) is 2.95. The SMILES string of the molecule is C[C@@H](N)C(=O)N1CCCCC(F)C1. The van der Waals surface area contributed by atoms with E-state index in [2.05, 4.69) is 0 Å². The van der Waals surface area contributed by atoms with Gasteiger partial charge in [-0.25, -0.2) is 4.39 Å². The van der Waals surface area contributed by atoms with E-state index < -0.39 is 12.2 Å². The van der Waals surface area contributed by atoms with Crippen molar-refractivity contribution in [2.75, 3.05) is 13.1 Å². The zero-order valence-corrected chi connectivity index (χ0v) is 8.00. The first-order chi connectivity index (χ1) is 6.11. The van der Waals surface area contributed by atoms with Crippen LogP contribution in [0.5, 0.6) is 0 Å². The molecule has 0 aromatic carbocycles. The minimum atomic E-state index is -0.870. The van der Waals surface area contributed by atoms with Crippen LogP contribution in [0.15, 0.2) is 0 Å². The van der Waals surface area contributed by atoms with Gasteiger partial charge in [-0.15, -0.1) is 0 Å². The Labute approximate surface area is 78.1 Å². The van der Waals surface area contributed by atoms with Crippen molar-refractivity contribution in [1.29, 1.82) is 0 Å². The van der Waals surface area contributed by atoms with Gasteiger partial charge in [-0.3, -0.25) is 4.79 Å². The van der Waals surface area contributed by atoms with Gasteiger partial charge >= 0.3 is 0 Å². The predicted octanol–water partition coefficient (Wildman–Crippen LogP) is 0.684. The summed E-state index contributed by atoms with van der Waals surface area (Å²) in [6.07, 6.45) is 1.45. The normalized spacial score (nSPS) is 26.7. The third-order valence-corrected chi connectivity index (χ3v) is 2.32. The van der Waals surface area contributed by atoms with Gasteiger partial charge in [-0.1, -0.05) is 0 Å². The Kier molecular flexibility index (Phi) is 3.66. The van der Waals surface area contributed by atoms with Gasteiger partial charge in [-0.05, 0) is 26.2 Å². The number of amides is 1. The Morgan fingerprint density at radius 2 is 2.31 bits per heavy atom. The Morgan fingerprint density at radius 1 is 1.62 bits per heavy atom. The zero-order chi connectivity index (χ0) is 9.84. The number of nitrogens with zero attached hydrogens (tertiary/aromatic N) is 1. The molecule has 76 valence electrons. The Balaban J connectivity index is 2.52. The maximum Gasteiger partial charge on any atom is 0.239 e. The summed E-state index contributed by atoms with van der Waals surface area (Å²) in [7, 11) is 0. The molecule has 2 N–H and O–H groups in total. The summed E-state index contributed by atoms with van der Waals surface area (Å²) in [6, 6.07) is -0.509. The average Bonchev–Trinajstić information content (AvgIpc) is 2.28. The maximum absolute atomic E-state index is 13.1. The number of alkyl halides is 1. The molecule has 1 rings (SSSR count). The van der Waals surface area contributed by atoms with E-state index in [0.29, 0.717) is 13.0 Å². The molecule has 0 spiro atoms. The Bertz CT molecular complexity index is 184. The van der Waals surface area contributed by atoms with E-state index in [1.54, 1.807) is 11.8 Å². The van der Waals surface area contributed by atoms with Crippen LogP contribution in [0.2, 0.25) is 0 Å². The van der Waals surface area contributed by atoms with Crippen LogP contribution in [0.25, 0.3) is 0 Å². The molecule has 0 saturated carbocycles. The van der Waals surface area contributed by atoms with E-state index in [1.807, 2.05) is 0 Å². The monoisotopic (exact) mass is 188 g/mol. The van der Waals surface area contributed by atoms with Gasteiger partial charge in [-0.2, -0.15) is 0 Å². The Hall–Kier alpha value is -0.640. The van der Waals surface area contributed by atoms with Crippen molar-refractivity contribution in [2.24, 2.45) is 5.73 Å². The molecule has 1 saturated heterocycles. The average molecular weight is 188 g/mol. The van der Waals surface area contributed by atoms with Crippen molar-refractivity contribution < 1.29 is 9.18 Å². The zero-order valence-electron chi connectivity index (χ0n) is 8.00. The minimum absolute atomic E-state index is 0.135. The standard InChI is InChI=1S/C9H17FN2O/c1-7(11)9(13)12-5-3-2-4-8(10)6-12/h7-8H,2-6,11H2,1H3/t7-,8?/m1/s1. The molecular formula is C9H17FN2O. The molecule has 0 aliphatic carbocycles. The summed E-state index contributed by atoms with van der Waals surface area (Å²) in [5.41, 5.74) is 5.45. The molecule has 0 aromatic rings. The lowest BCUT2D eigenvalue weighted by atomic mass is 10.2. The second-order valence-corrected chi connectivity index (χ2v) is 3.67. The fraction of sp³-hybridized carbons (Fsp3) is 0.889. The van der Waals surface area contributed by atoms with Gasteiger partial charge in [0.2, 0.25) is 5.91 Å². The quantitative estimate of drug-likeness (QED) is 0.658. The maximum atomic E-state index is 13.1. The van der Waals surface area contributed by atoms with E-state index in [1.165, 1.54) is 0 Å². The predicted molar refractivity (Wildman–Crippen MR) is 49.0 cm³/mol. The highest BCUT2D eigenvalue weighted by Gasteiger charge is 2.23. The summed E-state index contributed by atoms with van der Waals surface area (Å²) in [4.78, 5) is 13.0. The molecule has 1 aliphatic rings. The molecule has 0 bridgehead atoms. The number of rotatable bonds is 1. The number of nitrogens with two attached hydrogens (primary N) is 1. The topological polar surface area (TPSA) is 46.3 Å². The number of carbonyl (C=O) groups excluding carboxylic acids is 1. The summed E-state index contributed by atoms with van der Waals surface area (Å²) in [5.74, 6) is -0.135. The van der Waals surface area contributed by atoms with Crippen LogP contribution in [0.4, 0.5) is 4.39 Å². The summed E-state index contributed by atoms with van der Waals surface area (Å²) < 4.78 is 13.1. The van der Waals surface area contributed by atoms with Crippen molar-refractivity contribution in [2.45, 2.75) is 38.4 Å². The lowest BCUT2D eigenvalue weighted by Gasteiger charge is -2.23. The molecule has 1 heterocycles. The van der Waals surface area contributed by atoms with E-state index >= 15 is 0 Å². The van der Waals surface area contributed by atoms with Crippen molar-refractivity contribution in [3.63, 3.8) is 0 Å². The molecule has 1 unspecified atom stereocenters.